The lowest BCUT2D eigenvalue weighted by atomic mass is 10.1. The van der Waals surface area contributed by atoms with Gasteiger partial charge in [0, 0.05) is 61.4 Å². The summed E-state index contributed by atoms with van der Waals surface area (Å²) in [5, 5.41) is 4.05. The zero-order chi connectivity index (χ0) is 21.8. The normalized spacial score (nSPS) is 14.0. The Bertz CT molecular complexity index is 1090. The highest BCUT2D eigenvalue weighted by molar-refractivity contribution is 14.2. The molecule has 3 aromatic rings. The number of carbonyl (C=O) groups is 1. The van der Waals surface area contributed by atoms with Crippen molar-refractivity contribution in [3.05, 3.63) is 36.0 Å². The fourth-order valence-corrected chi connectivity index (χ4v) is 4.60. The molecule has 0 atom stereocenters. The van der Waals surface area contributed by atoms with Gasteiger partial charge in [0.15, 0.2) is 5.65 Å². The molecule has 0 radical (unpaired) electrons. The summed E-state index contributed by atoms with van der Waals surface area (Å²) >= 11 is 2.20. The van der Waals surface area contributed by atoms with Gasteiger partial charge in [0.25, 0.3) is 5.91 Å². The number of ether oxygens (including phenoxy) is 3. The molecule has 2 aromatic heterocycles. The van der Waals surface area contributed by atoms with E-state index in [4.69, 9.17) is 14.2 Å². The van der Waals surface area contributed by atoms with Crippen LogP contribution in [-0.2, 0) is 4.74 Å². The Morgan fingerprint density at radius 1 is 1.29 bits per heavy atom. The van der Waals surface area contributed by atoms with Crippen molar-refractivity contribution >= 4 is 58.9 Å². The fourth-order valence-electron chi connectivity index (χ4n) is 3.33. The molecule has 31 heavy (non-hydrogen) atoms. The van der Waals surface area contributed by atoms with E-state index in [-0.39, 0.29) is 5.91 Å². The fraction of sp³-hybridized carbons (Fsp3) is 0.350. The van der Waals surface area contributed by atoms with Crippen molar-refractivity contribution < 1.29 is 19.0 Å². The van der Waals surface area contributed by atoms with Crippen LogP contribution in [0.25, 0.3) is 11.0 Å². The highest BCUT2D eigenvalue weighted by atomic mass is 127. The zero-order valence-corrected chi connectivity index (χ0v) is 20.1. The smallest absolute Gasteiger partial charge is 0.257 e. The van der Waals surface area contributed by atoms with Crippen LogP contribution < -0.4 is 14.8 Å². The van der Waals surface area contributed by atoms with Gasteiger partial charge in [-0.3, -0.25) is 8.77 Å². The summed E-state index contributed by atoms with van der Waals surface area (Å²) in [6.45, 7) is 4.66. The third-order valence-electron chi connectivity index (χ3n) is 4.82. The number of anilines is 2. The topological polar surface area (TPSA) is 90.7 Å². The SMILES string of the molecule is CCOc1nc(Nc2ccc(C(=O)N3CCOCC3)c(OC)c2)nc2c1ccn2SI. The molecule has 1 aromatic carbocycles. The van der Waals surface area contributed by atoms with E-state index in [0.717, 1.165) is 11.0 Å². The van der Waals surface area contributed by atoms with E-state index in [2.05, 4.69) is 36.5 Å². The maximum Gasteiger partial charge on any atom is 0.257 e. The summed E-state index contributed by atoms with van der Waals surface area (Å²) < 4.78 is 18.5. The number of morpholine rings is 1. The number of carbonyl (C=O) groups excluding carboxylic acids is 1. The third-order valence-corrected chi connectivity index (χ3v) is 6.53. The summed E-state index contributed by atoms with van der Waals surface area (Å²) in [5.74, 6) is 1.33. The van der Waals surface area contributed by atoms with Crippen molar-refractivity contribution in [2.45, 2.75) is 6.92 Å². The minimum absolute atomic E-state index is 0.0695. The number of rotatable bonds is 7. The predicted octanol–water partition coefficient (Wildman–Crippen LogP) is 3.90. The molecule has 1 aliphatic heterocycles. The van der Waals surface area contributed by atoms with Gasteiger partial charge in [-0.2, -0.15) is 9.97 Å². The predicted molar refractivity (Wildman–Crippen MR) is 129 cm³/mol. The molecule has 0 saturated carbocycles. The molecule has 4 rings (SSSR count). The maximum absolute atomic E-state index is 12.9. The Morgan fingerprint density at radius 2 is 2.10 bits per heavy atom. The monoisotopic (exact) mass is 555 g/mol. The van der Waals surface area contributed by atoms with Crippen LogP contribution in [0.2, 0.25) is 0 Å². The van der Waals surface area contributed by atoms with E-state index in [1.807, 2.05) is 29.2 Å². The summed E-state index contributed by atoms with van der Waals surface area (Å²) in [7, 11) is 3.06. The summed E-state index contributed by atoms with van der Waals surface area (Å²) in [6, 6.07) is 7.28. The molecule has 11 heteroatoms. The second kappa shape index (κ2) is 9.92. The van der Waals surface area contributed by atoms with Crippen molar-refractivity contribution in [3.63, 3.8) is 0 Å². The molecule has 1 N–H and O–H groups in total. The second-order valence-electron chi connectivity index (χ2n) is 6.68. The van der Waals surface area contributed by atoms with Crippen molar-refractivity contribution in [1.29, 1.82) is 0 Å². The number of aromatic nitrogens is 3. The van der Waals surface area contributed by atoms with Gasteiger partial charge < -0.3 is 24.4 Å². The van der Waals surface area contributed by atoms with Crippen LogP contribution in [0.1, 0.15) is 17.3 Å². The van der Waals surface area contributed by atoms with Gasteiger partial charge in [-0.05, 0) is 25.1 Å². The third kappa shape index (κ3) is 4.67. The Balaban J connectivity index is 1.63. The number of nitrogens with zero attached hydrogens (tertiary/aromatic N) is 4. The second-order valence-corrected chi connectivity index (χ2v) is 8.39. The van der Waals surface area contributed by atoms with Crippen molar-refractivity contribution in [3.8, 4) is 11.6 Å². The van der Waals surface area contributed by atoms with Crippen LogP contribution in [-0.4, -0.2) is 64.8 Å². The minimum atomic E-state index is -0.0695. The number of amides is 1. The Kier molecular flexibility index (Phi) is 7.02. The van der Waals surface area contributed by atoms with E-state index < -0.39 is 0 Å². The summed E-state index contributed by atoms with van der Waals surface area (Å²) in [5.41, 5.74) is 1.97. The molecule has 0 aliphatic carbocycles. The Morgan fingerprint density at radius 3 is 2.81 bits per heavy atom. The van der Waals surface area contributed by atoms with Gasteiger partial charge in [-0.1, -0.05) is 0 Å². The highest BCUT2D eigenvalue weighted by Crippen LogP contribution is 2.31. The largest absolute Gasteiger partial charge is 0.496 e. The number of nitrogens with one attached hydrogen (secondary N) is 1. The summed E-state index contributed by atoms with van der Waals surface area (Å²) in [6.07, 6.45) is 1.93. The molecular weight excluding hydrogens is 533 g/mol. The molecule has 164 valence electrons. The van der Waals surface area contributed by atoms with E-state index in [0.29, 0.717) is 61.7 Å². The first kappa shape index (κ1) is 22.0. The number of hydrogen-bond donors (Lipinski definition) is 1. The van der Waals surface area contributed by atoms with Gasteiger partial charge in [-0.25, -0.2) is 0 Å². The number of hydrogen-bond acceptors (Lipinski definition) is 8. The molecule has 1 amide bonds. The number of fused-ring (bicyclic) bond motifs is 1. The van der Waals surface area contributed by atoms with E-state index in [1.165, 1.54) is 9.12 Å². The lowest BCUT2D eigenvalue weighted by molar-refractivity contribution is 0.0301. The van der Waals surface area contributed by atoms with Gasteiger partial charge in [-0.15, -0.1) is 0 Å². The van der Waals surface area contributed by atoms with Crippen LogP contribution in [0.15, 0.2) is 30.5 Å². The lowest BCUT2D eigenvalue weighted by Gasteiger charge is -2.27. The molecule has 1 aliphatic rings. The lowest BCUT2D eigenvalue weighted by Crippen LogP contribution is -2.40. The molecule has 0 unspecified atom stereocenters. The van der Waals surface area contributed by atoms with Crippen LogP contribution in [0, 0.1) is 0 Å². The van der Waals surface area contributed by atoms with Gasteiger partial charge in [0.2, 0.25) is 11.8 Å². The van der Waals surface area contributed by atoms with Gasteiger partial charge in [0.05, 0.1) is 37.9 Å². The molecule has 9 nitrogen and oxygen atoms in total. The van der Waals surface area contributed by atoms with E-state index >= 15 is 0 Å². The van der Waals surface area contributed by atoms with Crippen molar-refractivity contribution in [2.75, 3.05) is 45.3 Å². The van der Waals surface area contributed by atoms with Crippen molar-refractivity contribution in [2.24, 2.45) is 0 Å². The van der Waals surface area contributed by atoms with Crippen LogP contribution in [0.4, 0.5) is 11.6 Å². The van der Waals surface area contributed by atoms with Crippen LogP contribution in [0.3, 0.4) is 0 Å². The average Bonchev–Trinajstić information content (AvgIpc) is 3.22. The van der Waals surface area contributed by atoms with Crippen LogP contribution in [0.5, 0.6) is 11.6 Å². The quantitative estimate of drug-likeness (QED) is 0.440. The van der Waals surface area contributed by atoms with Crippen molar-refractivity contribution in [1.82, 2.24) is 18.8 Å². The number of methoxy groups -OCH3 is 1. The minimum Gasteiger partial charge on any atom is -0.496 e. The van der Waals surface area contributed by atoms with Gasteiger partial charge in [0.1, 0.15) is 5.75 Å². The molecule has 3 heterocycles. The average molecular weight is 555 g/mol. The zero-order valence-electron chi connectivity index (χ0n) is 17.1. The summed E-state index contributed by atoms with van der Waals surface area (Å²) in [4.78, 5) is 23.8. The number of benzene rings is 1. The van der Waals surface area contributed by atoms with Gasteiger partial charge >= 0.3 is 0 Å². The van der Waals surface area contributed by atoms with Crippen LogP contribution >= 0.6 is 30.3 Å². The highest BCUT2D eigenvalue weighted by Gasteiger charge is 2.22. The standard InChI is InChI=1S/C20H22IN5O4S/c1-3-30-18-15-6-7-26(31-21)17(15)23-20(24-18)22-13-4-5-14(16(12-13)28-2)19(27)25-8-10-29-11-9-25/h4-7,12H,3,8-11H2,1-2H3,(H,22,23,24). The first-order valence-corrected chi connectivity index (χ1v) is 13.1. The molecule has 1 saturated heterocycles. The molecule has 0 bridgehead atoms. The first-order chi connectivity index (χ1) is 15.1. The molecule has 1 fully saturated rings. The van der Waals surface area contributed by atoms with E-state index in [9.17, 15) is 4.79 Å². The van der Waals surface area contributed by atoms with E-state index in [1.54, 1.807) is 24.1 Å². The molecule has 0 spiro atoms. The Hall–Kier alpha value is -2.25. The molecular formula is C20H22IN5O4S. The first-order valence-electron chi connectivity index (χ1n) is 9.77. The number of halogens is 1. The Labute approximate surface area is 196 Å². The maximum atomic E-state index is 12.9.